The first kappa shape index (κ1) is 20.7. The highest BCUT2D eigenvalue weighted by molar-refractivity contribution is 5.93. The minimum atomic E-state index is -0.281. The molecule has 0 spiro atoms. The predicted molar refractivity (Wildman–Crippen MR) is 113 cm³/mol. The van der Waals surface area contributed by atoms with Crippen LogP contribution in [0.15, 0.2) is 48.5 Å². The first-order valence-electron chi connectivity index (χ1n) is 10.1. The first-order valence-corrected chi connectivity index (χ1v) is 10.1. The molecule has 1 saturated heterocycles. The lowest BCUT2D eigenvalue weighted by molar-refractivity contribution is -0.121. The van der Waals surface area contributed by atoms with E-state index in [2.05, 4.69) is 5.32 Å². The molecule has 0 aromatic heterocycles. The summed E-state index contributed by atoms with van der Waals surface area (Å²) in [6, 6.07) is 15.6. The molecule has 29 heavy (non-hydrogen) atoms. The maximum atomic E-state index is 12.7. The third-order valence-electron chi connectivity index (χ3n) is 5.09. The number of likely N-dealkylation sites (tertiary alicyclic amines) is 1. The molecule has 1 N–H and O–H groups in total. The number of anilines is 1. The maximum Gasteiger partial charge on any atom is 0.409 e. The largest absolute Gasteiger partial charge is 0.497 e. The summed E-state index contributed by atoms with van der Waals surface area (Å²) < 4.78 is 10.5. The number of hydrogen-bond acceptors (Lipinski definition) is 4. The molecule has 0 saturated carbocycles. The molecule has 154 valence electrons. The van der Waals surface area contributed by atoms with E-state index in [1.807, 2.05) is 55.5 Å². The fourth-order valence-electron chi connectivity index (χ4n) is 3.43. The molecule has 1 heterocycles. The standard InChI is InChI=1S/C23H28N2O4/c1-3-14-29-23(27)25-12-10-17(11-13-25)22(26)24-20-8-4-6-18(15-20)19-7-5-9-21(16-19)28-2/h4-9,15-17H,3,10-14H2,1-2H3,(H,24,26). The van der Waals surface area contributed by atoms with Crippen molar-refractivity contribution in [3.05, 3.63) is 48.5 Å². The van der Waals surface area contributed by atoms with Crippen LogP contribution in [0, 0.1) is 5.92 Å². The lowest BCUT2D eigenvalue weighted by Gasteiger charge is -2.30. The number of methoxy groups -OCH3 is 1. The van der Waals surface area contributed by atoms with Gasteiger partial charge in [0.15, 0.2) is 0 Å². The molecule has 0 bridgehead atoms. The summed E-state index contributed by atoms with van der Waals surface area (Å²) in [6.45, 7) is 3.49. The van der Waals surface area contributed by atoms with Crippen molar-refractivity contribution in [1.82, 2.24) is 4.90 Å². The van der Waals surface area contributed by atoms with E-state index in [1.165, 1.54) is 0 Å². The van der Waals surface area contributed by atoms with Gasteiger partial charge in [-0.25, -0.2) is 4.79 Å². The van der Waals surface area contributed by atoms with Crippen LogP contribution in [0.25, 0.3) is 11.1 Å². The molecule has 1 aliphatic heterocycles. The fraction of sp³-hybridized carbons (Fsp3) is 0.391. The van der Waals surface area contributed by atoms with E-state index in [1.54, 1.807) is 12.0 Å². The molecule has 2 aromatic rings. The van der Waals surface area contributed by atoms with E-state index in [-0.39, 0.29) is 17.9 Å². The molecule has 1 aliphatic rings. The van der Waals surface area contributed by atoms with E-state index in [9.17, 15) is 9.59 Å². The lowest BCUT2D eigenvalue weighted by atomic mass is 9.96. The highest BCUT2D eigenvalue weighted by Crippen LogP contribution is 2.27. The van der Waals surface area contributed by atoms with Gasteiger partial charge in [-0.2, -0.15) is 0 Å². The molecule has 0 unspecified atom stereocenters. The summed E-state index contributed by atoms with van der Waals surface area (Å²) >= 11 is 0. The second-order valence-corrected chi connectivity index (χ2v) is 7.18. The summed E-state index contributed by atoms with van der Waals surface area (Å²) in [6.07, 6.45) is 1.81. The van der Waals surface area contributed by atoms with Crippen LogP contribution >= 0.6 is 0 Å². The number of nitrogens with zero attached hydrogens (tertiary/aromatic N) is 1. The van der Waals surface area contributed by atoms with Gasteiger partial charge in [0, 0.05) is 24.7 Å². The molecule has 0 atom stereocenters. The summed E-state index contributed by atoms with van der Waals surface area (Å²) in [7, 11) is 1.64. The molecule has 6 nitrogen and oxygen atoms in total. The van der Waals surface area contributed by atoms with Gasteiger partial charge >= 0.3 is 6.09 Å². The van der Waals surface area contributed by atoms with E-state index in [0.29, 0.717) is 32.5 Å². The monoisotopic (exact) mass is 396 g/mol. The van der Waals surface area contributed by atoms with Crippen molar-refractivity contribution in [1.29, 1.82) is 0 Å². The van der Waals surface area contributed by atoms with Gasteiger partial charge in [-0.05, 0) is 54.7 Å². The zero-order chi connectivity index (χ0) is 20.6. The van der Waals surface area contributed by atoms with Gasteiger partial charge in [0.2, 0.25) is 5.91 Å². The maximum absolute atomic E-state index is 12.7. The van der Waals surface area contributed by atoms with Crippen LogP contribution in [-0.2, 0) is 9.53 Å². The number of rotatable bonds is 6. The molecular weight excluding hydrogens is 368 g/mol. The smallest absolute Gasteiger partial charge is 0.409 e. The number of amides is 2. The Kier molecular flexibility index (Phi) is 7.11. The van der Waals surface area contributed by atoms with Crippen LogP contribution in [0.4, 0.5) is 10.5 Å². The van der Waals surface area contributed by atoms with E-state index in [4.69, 9.17) is 9.47 Å². The van der Waals surface area contributed by atoms with Crippen LogP contribution in [0.1, 0.15) is 26.2 Å². The Bertz CT molecular complexity index is 844. The Morgan fingerprint density at radius 2 is 1.76 bits per heavy atom. The molecule has 0 radical (unpaired) electrons. The van der Waals surface area contributed by atoms with Gasteiger partial charge in [0.25, 0.3) is 0 Å². The normalized spacial score (nSPS) is 14.3. The van der Waals surface area contributed by atoms with Gasteiger partial charge in [0.05, 0.1) is 13.7 Å². The van der Waals surface area contributed by atoms with Crippen LogP contribution in [0.3, 0.4) is 0 Å². The second kappa shape index (κ2) is 9.96. The average molecular weight is 396 g/mol. The van der Waals surface area contributed by atoms with Gasteiger partial charge in [0.1, 0.15) is 5.75 Å². The zero-order valence-corrected chi connectivity index (χ0v) is 17.0. The van der Waals surface area contributed by atoms with E-state index >= 15 is 0 Å². The summed E-state index contributed by atoms with van der Waals surface area (Å²) in [5, 5.41) is 3.02. The van der Waals surface area contributed by atoms with Crippen LogP contribution < -0.4 is 10.1 Å². The summed E-state index contributed by atoms with van der Waals surface area (Å²) in [5.74, 6) is 0.682. The van der Waals surface area contributed by atoms with Crippen molar-refractivity contribution in [3.8, 4) is 16.9 Å². The minimum absolute atomic E-state index is 0.00522. The number of carbonyl (C=O) groups excluding carboxylic acids is 2. The molecule has 2 amide bonds. The van der Waals surface area contributed by atoms with Crippen molar-refractivity contribution in [2.24, 2.45) is 5.92 Å². The molecule has 6 heteroatoms. The molecule has 2 aromatic carbocycles. The minimum Gasteiger partial charge on any atom is -0.497 e. The van der Waals surface area contributed by atoms with Crippen LogP contribution in [0.2, 0.25) is 0 Å². The van der Waals surface area contributed by atoms with Gasteiger partial charge in [-0.3, -0.25) is 4.79 Å². The predicted octanol–water partition coefficient (Wildman–Crippen LogP) is 4.56. The second-order valence-electron chi connectivity index (χ2n) is 7.18. The quantitative estimate of drug-likeness (QED) is 0.777. The topological polar surface area (TPSA) is 67.9 Å². The first-order chi connectivity index (χ1) is 14.1. The van der Waals surface area contributed by atoms with E-state index in [0.717, 1.165) is 29.0 Å². The number of carbonyl (C=O) groups is 2. The molecular formula is C23H28N2O4. The third-order valence-corrected chi connectivity index (χ3v) is 5.09. The molecule has 1 fully saturated rings. The Hall–Kier alpha value is -3.02. The van der Waals surface area contributed by atoms with Crippen molar-refractivity contribution in [3.63, 3.8) is 0 Å². The Morgan fingerprint density at radius 3 is 2.45 bits per heavy atom. The highest BCUT2D eigenvalue weighted by atomic mass is 16.6. The molecule has 0 aliphatic carbocycles. The van der Waals surface area contributed by atoms with Crippen molar-refractivity contribution in [2.75, 3.05) is 32.1 Å². The zero-order valence-electron chi connectivity index (χ0n) is 17.0. The van der Waals surface area contributed by atoms with Crippen LogP contribution in [0.5, 0.6) is 5.75 Å². The number of hydrogen-bond donors (Lipinski definition) is 1. The number of nitrogens with one attached hydrogen (secondary N) is 1. The third kappa shape index (κ3) is 5.50. The Morgan fingerprint density at radius 1 is 1.07 bits per heavy atom. The Labute approximate surface area is 171 Å². The summed E-state index contributed by atoms with van der Waals surface area (Å²) in [4.78, 5) is 26.3. The summed E-state index contributed by atoms with van der Waals surface area (Å²) in [5.41, 5.74) is 2.80. The van der Waals surface area contributed by atoms with Gasteiger partial charge in [-0.15, -0.1) is 0 Å². The van der Waals surface area contributed by atoms with Crippen LogP contribution in [-0.4, -0.2) is 43.7 Å². The highest BCUT2D eigenvalue weighted by Gasteiger charge is 2.28. The number of benzene rings is 2. The van der Waals surface area contributed by atoms with Crippen molar-refractivity contribution in [2.45, 2.75) is 26.2 Å². The Balaban J connectivity index is 1.58. The fourth-order valence-corrected chi connectivity index (χ4v) is 3.43. The average Bonchev–Trinajstić information content (AvgIpc) is 2.77. The van der Waals surface area contributed by atoms with Crippen molar-refractivity contribution < 1.29 is 19.1 Å². The van der Waals surface area contributed by atoms with E-state index < -0.39 is 0 Å². The molecule has 3 rings (SSSR count). The van der Waals surface area contributed by atoms with Gasteiger partial charge < -0.3 is 19.7 Å². The van der Waals surface area contributed by atoms with Gasteiger partial charge in [-0.1, -0.05) is 31.2 Å². The number of ether oxygens (including phenoxy) is 2. The SMILES string of the molecule is CCCOC(=O)N1CCC(C(=O)Nc2cccc(-c3cccc(OC)c3)c2)CC1. The van der Waals surface area contributed by atoms with Crippen molar-refractivity contribution >= 4 is 17.7 Å². The lowest BCUT2D eigenvalue weighted by Crippen LogP contribution is -2.41. The number of piperidine rings is 1.